The van der Waals surface area contributed by atoms with Crippen LogP contribution in [0.1, 0.15) is 17.0 Å². The second-order valence-corrected chi connectivity index (χ2v) is 8.59. The zero-order valence-corrected chi connectivity index (χ0v) is 16.2. The molecule has 0 amide bonds. The van der Waals surface area contributed by atoms with Crippen molar-refractivity contribution >= 4 is 21.6 Å². The predicted octanol–water partition coefficient (Wildman–Crippen LogP) is 2.54. The first kappa shape index (κ1) is 18.2. The highest BCUT2D eigenvalue weighted by Gasteiger charge is 2.23. The van der Waals surface area contributed by atoms with Crippen LogP contribution in [0.15, 0.2) is 54.2 Å². The van der Waals surface area contributed by atoms with Crippen LogP contribution in [-0.2, 0) is 22.8 Å². The van der Waals surface area contributed by atoms with E-state index in [0.29, 0.717) is 23.1 Å². The average molecular weight is 393 g/mol. The van der Waals surface area contributed by atoms with Crippen molar-refractivity contribution in [1.29, 1.82) is 0 Å². The number of aromatic nitrogens is 4. The van der Waals surface area contributed by atoms with E-state index in [0.717, 1.165) is 35.6 Å². The summed E-state index contributed by atoms with van der Waals surface area (Å²) in [5, 5.41) is 0. The van der Waals surface area contributed by atoms with Crippen molar-refractivity contribution in [3.05, 3.63) is 66.3 Å². The molecule has 1 aliphatic heterocycles. The maximum Gasteiger partial charge on any atom is 0.198 e. The van der Waals surface area contributed by atoms with Gasteiger partial charge in [0.2, 0.25) is 0 Å². The molecule has 0 unspecified atom stereocenters. The Hall–Kier alpha value is -3.13. The van der Waals surface area contributed by atoms with Crippen LogP contribution in [0.3, 0.4) is 0 Å². The second-order valence-electron chi connectivity index (χ2n) is 6.57. The molecule has 0 atom stereocenters. The summed E-state index contributed by atoms with van der Waals surface area (Å²) in [5.41, 5.74) is 3.72. The van der Waals surface area contributed by atoms with E-state index in [2.05, 4.69) is 31.4 Å². The van der Waals surface area contributed by atoms with E-state index in [1.807, 2.05) is 12.1 Å². The monoisotopic (exact) mass is 393 g/mol. The Morgan fingerprint density at radius 3 is 2.43 bits per heavy atom. The minimum atomic E-state index is -3.20. The van der Waals surface area contributed by atoms with Gasteiger partial charge in [0.25, 0.3) is 0 Å². The van der Waals surface area contributed by atoms with Crippen LogP contribution >= 0.6 is 0 Å². The predicted molar refractivity (Wildman–Crippen MR) is 107 cm³/mol. The molecule has 0 aliphatic carbocycles. The van der Waals surface area contributed by atoms with Crippen LogP contribution in [-0.4, -0.2) is 41.2 Å². The first-order valence-electron chi connectivity index (χ1n) is 8.80. The number of hydrogen-bond acceptors (Lipinski definition) is 7. The maximum absolute atomic E-state index is 11.7. The molecule has 3 heterocycles. The number of hydrogen-bond donors (Lipinski definition) is 0. The number of benzene rings is 1. The minimum absolute atomic E-state index is 0.316. The SMILES string of the molecule is C=Cc1nc(-c2ncccn2)nc2c1CN(c1ccc(S(C)(=O)=O)cc1)CC2. The third-order valence-electron chi connectivity index (χ3n) is 4.68. The fraction of sp³-hybridized carbons (Fsp3) is 0.200. The average Bonchev–Trinajstić information content (AvgIpc) is 2.72. The van der Waals surface area contributed by atoms with E-state index in [1.165, 1.54) is 6.26 Å². The zero-order valence-electron chi connectivity index (χ0n) is 15.4. The van der Waals surface area contributed by atoms with Crippen LogP contribution in [0.25, 0.3) is 17.7 Å². The van der Waals surface area contributed by atoms with Gasteiger partial charge in [-0.05, 0) is 36.4 Å². The van der Waals surface area contributed by atoms with Gasteiger partial charge in [0.05, 0.1) is 16.3 Å². The van der Waals surface area contributed by atoms with Crippen molar-refractivity contribution in [1.82, 2.24) is 19.9 Å². The number of fused-ring (bicyclic) bond motifs is 1. The smallest absolute Gasteiger partial charge is 0.198 e. The Labute approximate surface area is 163 Å². The van der Waals surface area contributed by atoms with Gasteiger partial charge in [-0.25, -0.2) is 28.4 Å². The Morgan fingerprint density at radius 1 is 1.07 bits per heavy atom. The summed E-state index contributed by atoms with van der Waals surface area (Å²) in [5.74, 6) is 0.993. The van der Waals surface area contributed by atoms with Gasteiger partial charge in [0.15, 0.2) is 21.5 Å². The molecule has 0 saturated carbocycles. The van der Waals surface area contributed by atoms with E-state index in [1.54, 1.807) is 36.7 Å². The van der Waals surface area contributed by atoms with Gasteiger partial charge >= 0.3 is 0 Å². The lowest BCUT2D eigenvalue weighted by atomic mass is 10.0. The molecule has 0 N–H and O–H groups in total. The fourth-order valence-electron chi connectivity index (χ4n) is 3.25. The molecule has 142 valence electrons. The summed E-state index contributed by atoms with van der Waals surface area (Å²) in [6.07, 6.45) is 7.01. The topological polar surface area (TPSA) is 88.9 Å². The lowest BCUT2D eigenvalue weighted by Gasteiger charge is -2.31. The molecule has 0 saturated heterocycles. The Bertz CT molecular complexity index is 1130. The minimum Gasteiger partial charge on any atom is -0.367 e. The van der Waals surface area contributed by atoms with Crippen LogP contribution in [0, 0.1) is 0 Å². The van der Waals surface area contributed by atoms with Crippen LogP contribution in [0.2, 0.25) is 0 Å². The molecule has 1 aliphatic rings. The van der Waals surface area contributed by atoms with Crippen LogP contribution in [0.4, 0.5) is 5.69 Å². The zero-order chi connectivity index (χ0) is 19.7. The highest BCUT2D eigenvalue weighted by Crippen LogP contribution is 2.28. The number of nitrogens with zero attached hydrogens (tertiary/aromatic N) is 5. The van der Waals surface area contributed by atoms with Gasteiger partial charge in [-0.15, -0.1) is 0 Å². The number of rotatable bonds is 4. The third-order valence-corrected chi connectivity index (χ3v) is 5.81. The molecule has 0 bridgehead atoms. The van der Waals surface area contributed by atoms with Gasteiger partial charge < -0.3 is 4.90 Å². The molecular formula is C20H19N5O2S. The second kappa shape index (κ2) is 7.12. The standard InChI is InChI=1S/C20H19N5O2S/c1-3-17-16-13-25(14-5-7-15(8-6-14)28(2,26)27)12-9-18(16)24-20(23-17)19-21-10-4-11-22-19/h3-8,10-11H,1,9,12-13H2,2H3. The van der Waals surface area contributed by atoms with Gasteiger partial charge in [-0.2, -0.15) is 0 Å². The number of anilines is 1. The Morgan fingerprint density at radius 2 is 1.79 bits per heavy atom. The summed E-state index contributed by atoms with van der Waals surface area (Å²) < 4.78 is 23.3. The van der Waals surface area contributed by atoms with E-state index >= 15 is 0 Å². The summed E-state index contributed by atoms with van der Waals surface area (Å²) in [4.78, 5) is 20.2. The largest absolute Gasteiger partial charge is 0.367 e. The van der Waals surface area contributed by atoms with Crippen molar-refractivity contribution in [2.45, 2.75) is 17.9 Å². The van der Waals surface area contributed by atoms with Crippen molar-refractivity contribution < 1.29 is 8.42 Å². The quantitative estimate of drug-likeness (QED) is 0.673. The van der Waals surface area contributed by atoms with E-state index in [-0.39, 0.29) is 0 Å². The highest BCUT2D eigenvalue weighted by atomic mass is 32.2. The van der Waals surface area contributed by atoms with Gasteiger partial charge in [-0.1, -0.05) is 6.58 Å². The summed E-state index contributed by atoms with van der Waals surface area (Å²) >= 11 is 0. The molecule has 7 nitrogen and oxygen atoms in total. The summed E-state index contributed by atoms with van der Waals surface area (Å²) in [7, 11) is -3.20. The highest BCUT2D eigenvalue weighted by molar-refractivity contribution is 7.90. The van der Waals surface area contributed by atoms with Gasteiger partial charge in [-0.3, -0.25) is 0 Å². The lowest BCUT2D eigenvalue weighted by Crippen LogP contribution is -2.32. The van der Waals surface area contributed by atoms with Crippen molar-refractivity contribution in [2.24, 2.45) is 0 Å². The molecule has 4 rings (SSSR count). The van der Waals surface area contributed by atoms with E-state index in [4.69, 9.17) is 0 Å². The third kappa shape index (κ3) is 3.50. The normalized spacial score (nSPS) is 13.8. The van der Waals surface area contributed by atoms with Crippen molar-refractivity contribution in [3.63, 3.8) is 0 Å². The first-order chi connectivity index (χ1) is 13.5. The van der Waals surface area contributed by atoms with Gasteiger partial charge in [0, 0.05) is 49.4 Å². The summed E-state index contributed by atoms with van der Waals surface area (Å²) in [6, 6.07) is 8.70. The summed E-state index contributed by atoms with van der Waals surface area (Å²) in [6.45, 7) is 5.30. The fourth-order valence-corrected chi connectivity index (χ4v) is 3.88. The number of sulfone groups is 1. The van der Waals surface area contributed by atoms with Crippen LogP contribution in [0.5, 0.6) is 0 Å². The Kier molecular flexibility index (Phi) is 4.64. The molecule has 0 radical (unpaired) electrons. The molecular weight excluding hydrogens is 374 g/mol. The van der Waals surface area contributed by atoms with Crippen molar-refractivity contribution in [3.8, 4) is 11.6 Å². The molecule has 8 heteroatoms. The van der Waals surface area contributed by atoms with Crippen molar-refractivity contribution in [2.75, 3.05) is 17.7 Å². The lowest BCUT2D eigenvalue weighted by molar-refractivity contribution is 0.602. The maximum atomic E-state index is 11.7. The molecule has 2 aromatic heterocycles. The van der Waals surface area contributed by atoms with E-state index in [9.17, 15) is 8.42 Å². The van der Waals surface area contributed by atoms with Gasteiger partial charge in [0.1, 0.15) is 0 Å². The molecule has 1 aromatic carbocycles. The van der Waals surface area contributed by atoms with E-state index < -0.39 is 9.84 Å². The van der Waals surface area contributed by atoms with Crippen LogP contribution < -0.4 is 4.90 Å². The first-order valence-corrected chi connectivity index (χ1v) is 10.7. The molecule has 28 heavy (non-hydrogen) atoms. The molecule has 0 fully saturated rings. The molecule has 0 spiro atoms. The Balaban J connectivity index is 1.66. The molecule has 3 aromatic rings.